The third-order valence-electron chi connectivity index (χ3n) is 2.76. The largest absolute Gasteiger partial charge is 0.302 e. The number of hydrogen-bond donors (Lipinski definition) is 0. The van der Waals surface area contributed by atoms with Crippen LogP contribution in [0.3, 0.4) is 0 Å². The van der Waals surface area contributed by atoms with E-state index < -0.39 is 0 Å². The molecule has 0 heterocycles. The van der Waals surface area contributed by atoms with Crippen molar-refractivity contribution in [1.82, 2.24) is 4.90 Å². The fourth-order valence-electron chi connectivity index (χ4n) is 1.77. The Hall–Kier alpha value is -1.40. The summed E-state index contributed by atoms with van der Waals surface area (Å²) < 4.78 is 13.5. The molecule has 0 unspecified atom stereocenters. The van der Waals surface area contributed by atoms with Crippen LogP contribution in [-0.4, -0.2) is 18.5 Å². The molecule has 0 atom stereocenters. The van der Waals surface area contributed by atoms with Gasteiger partial charge >= 0.3 is 0 Å². The molecule has 0 amide bonds. The molecule has 1 rings (SSSR count). The summed E-state index contributed by atoms with van der Waals surface area (Å²) in [6.45, 7) is 3.69. The number of halogens is 1. The lowest BCUT2D eigenvalue weighted by Gasteiger charge is -2.16. The molecule has 2 nitrogen and oxygen atoms in total. The Labute approximate surface area is 103 Å². The van der Waals surface area contributed by atoms with Crippen LogP contribution in [0.5, 0.6) is 0 Å². The van der Waals surface area contributed by atoms with Crippen LogP contribution in [0, 0.1) is 17.1 Å². The summed E-state index contributed by atoms with van der Waals surface area (Å²) in [5, 5.41) is 8.77. The number of nitriles is 1. The number of unbranched alkanes of at least 4 members (excludes halogenated alkanes) is 2. The normalized spacial score (nSPS) is 10.5. The maximum atomic E-state index is 13.5. The second kappa shape index (κ2) is 7.03. The van der Waals surface area contributed by atoms with Crippen molar-refractivity contribution in [3.05, 3.63) is 35.1 Å². The molecule has 0 aromatic heterocycles. The van der Waals surface area contributed by atoms with Gasteiger partial charge in [0.2, 0.25) is 0 Å². The molecule has 0 radical (unpaired) electrons. The van der Waals surface area contributed by atoms with Gasteiger partial charge in [0.25, 0.3) is 0 Å². The number of benzene rings is 1. The Morgan fingerprint density at radius 3 is 2.76 bits per heavy atom. The first-order valence-corrected chi connectivity index (χ1v) is 6.04. The highest BCUT2D eigenvalue weighted by Gasteiger charge is 2.06. The summed E-state index contributed by atoms with van der Waals surface area (Å²) >= 11 is 0. The summed E-state index contributed by atoms with van der Waals surface area (Å²) in [6, 6.07) is 6.54. The molecule has 0 bridgehead atoms. The van der Waals surface area contributed by atoms with Crippen LogP contribution >= 0.6 is 0 Å². The summed E-state index contributed by atoms with van der Waals surface area (Å²) in [5.41, 5.74) is 1.12. The first kappa shape index (κ1) is 13.7. The molecule has 0 aliphatic rings. The predicted molar refractivity (Wildman–Crippen MR) is 67.0 cm³/mol. The minimum Gasteiger partial charge on any atom is -0.302 e. The molecule has 92 valence electrons. The quantitative estimate of drug-likeness (QED) is 0.706. The van der Waals surface area contributed by atoms with Crippen LogP contribution in [-0.2, 0) is 6.54 Å². The van der Waals surface area contributed by atoms with Gasteiger partial charge in [-0.3, -0.25) is 0 Å². The molecule has 0 aliphatic heterocycles. The standard InChI is InChI=1S/C14H19FN2/c1-3-4-5-8-17(2)11-13-9-12(10-16)6-7-14(13)15/h6-7,9H,3-5,8,11H2,1-2H3. The Kier molecular flexibility index (Phi) is 5.65. The highest BCUT2D eigenvalue weighted by Crippen LogP contribution is 2.12. The third kappa shape index (κ3) is 4.54. The molecule has 0 saturated carbocycles. The van der Waals surface area contributed by atoms with Gasteiger partial charge in [0.1, 0.15) is 5.82 Å². The minimum absolute atomic E-state index is 0.230. The van der Waals surface area contributed by atoms with E-state index in [9.17, 15) is 4.39 Å². The van der Waals surface area contributed by atoms with Crippen molar-refractivity contribution in [2.75, 3.05) is 13.6 Å². The topological polar surface area (TPSA) is 27.0 Å². The van der Waals surface area contributed by atoms with Crippen molar-refractivity contribution >= 4 is 0 Å². The lowest BCUT2D eigenvalue weighted by Crippen LogP contribution is -2.19. The minimum atomic E-state index is -0.230. The van der Waals surface area contributed by atoms with Crippen LogP contribution < -0.4 is 0 Å². The van der Waals surface area contributed by atoms with Crippen molar-refractivity contribution < 1.29 is 4.39 Å². The first-order valence-electron chi connectivity index (χ1n) is 6.04. The summed E-state index contributed by atoms with van der Waals surface area (Å²) in [7, 11) is 1.98. The fraction of sp³-hybridized carbons (Fsp3) is 0.500. The molecule has 0 N–H and O–H groups in total. The number of rotatable bonds is 6. The molecule has 3 heteroatoms. The van der Waals surface area contributed by atoms with Gasteiger partial charge in [-0.2, -0.15) is 5.26 Å². The van der Waals surface area contributed by atoms with Crippen molar-refractivity contribution in [3.63, 3.8) is 0 Å². The van der Waals surface area contributed by atoms with Crippen LogP contribution in [0.25, 0.3) is 0 Å². The van der Waals surface area contributed by atoms with Gasteiger partial charge in [-0.25, -0.2) is 4.39 Å². The average molecular weight is 234 g/mol. The van der Waals surface area contributed by atoms with E-state index in [1.54, 1.807) is 6.07 Å². The SMILES string of the molecule is CCCCCN(C)Cc1cc(C#N)ccc1F. The molecule has 17 heavy (non-hydrogen) atoms. The van der Waals surface area contributed by atoms with Crippen LogP contribution in [0.1, 0.15) is 37.3 Å². The van der Waals surface area contributed by atoms with Crippen molar-refractivity contribution in [3.8, 4) is 6.07 Å². The van der Waals surface area contributed by atoms with Crippen molar-refractivity contribution in [2.45, 2.75) is 32.7 Å². The van der Waals surface area contributed by atoms with Crippen molar-refractivity contribution in [1.29, 1.82) is 5.26 Å². The zero-order chi connectivity index (χ0) is 12.7. The monoisotopic (exact) mass is 234 g/mol. The maximum absolute atomic E-state index is 13.5. The number of hydrogen-bond acceptors (Lipinski definition) is 2. The van der Waals surface area contributed by atoms with E-state index >= 15 is 0 Å². The van der Waals surface area contributed by atoms with E-state index in [2.05, 4.69) is 11.8 Å². The Morgan fingerprint density at radius 2 is 2.12 bits per heavy atom. The van der Waals surface area contributed by atoms with E-state index in [1.165, 1.54) is 25.0 Å². The van der Waals surface area contributed by atoms with E-state index in [1.807, 2.05) is 13.1 Å². The van der Waals surface area contributed by atoms with Crippen LogP contribution in [0.2, 0.25) is 0 Å². The molecule has 1 aromatic carbocycles. The zero-order valence-corrected chi connectivity index (χ0v) is 10.5. The van der Waals surface area contributed by atoms with Crippen molar-refractivity contribution in [2.24, 2.45) is 0 Å². The smallest absolute Gasteiger partial charge is 0.127 e. The average Bonchev–Trinajstić information content (AvgIpc) is 2.32. The van der Waals surface area contributed by atoms with E-state index in [0.29, 0.717) is 17.7 Å². The summed E-state index contributed by atoms with van der Waals surface area (Å²) in [6.07, 6.45) is 3.52. The lowest BCUT2D eigenvalue weighted by molar-refractivity contribution is 0.313. The van der Waals surface area contributed by atoms with Gasteiger partial charge in [0, 0.05) is 12.1 Å². The zero-order valence-electron chi connectivity index (χ0n) is 10.5. The Balaban J connectivity index is 2.58. The molecule has 0 fully saturated rings. The highest BCUT2D eigenvalue weighted by molar-refractivity contribution is 5.33. The molecular formula is C14H19FN2. The van der Waals surface area contributed by atoms with E-state index in [-0.39, 0.29) is 5.82 Å². The highest BCUT2D eigenvalue weighted by atomic mass is 19.1. The Bertz CT molecular complexity index is 396. The van der Waals surface area contributed by atoms with Gasteiger partial charge in [0.15, 0.2) is 0 Å². The predicted octanol–water partition coefficient (Wildman–Crippen LogP) is 3.32. The molecular weight excluding hydrogens is 215 g/mol. The summed E-state index contributed by atoms with van der Waals surface area (Å²) in [4.78, 5) is 2.09. The van der Waals surface area contributed by atoms with Crippen LogP contribution in [0.4, 0.5) is 4.39 Å². The van der Waals surface area contributed by atoms with E-state index in [4.69, 9.17) is 5.26 Å². The van der Waals surface area contributed by atoms with Gasteiger partial charge in [-0.1, -0.05) is 19.8 Å². The molecule has 0 spiro atoms. The van der Waals surface area contributed by atoms with E-state index in [0.717, 1.165) is 13.0 Å². The first-order chi connectivity index (χ1) is 8.17. The maximum Gasteiger partial charge on any atom is 0.127 e. The second-order valence-corrected chi connectivity index (χ2v) is 4.36. The van der Waals surface area contributed by atoms with Gasteiger partial charge < -0.3 is 4.90 Å². The van der Waals surface area contributed by atoms with Crippen LogP contribution in [0.15, 0.2) is 18.2 Å². The van der Waals surface area contributed by atoms with Gasteiger partial charge in [-0.05, 0) is 38.2 Å². The molecule has 0 saturated heterocycles. The Morgan fingerprint density at radius 1 is 1.35 bits per heavy atom. The van der Waals surface area contributed by atoms with Gasteiger partial charge in [0.05, 0.1) is 11.6 Å². The van der Waals surface area contributed by atoms with Gasteiger partial charge in [-0.15, -0.1) is 0 Å². The summed E-state index contributed by atoms with van der Waals surface area (Å²) in [5.74, 6) is -0.230. The molecule has 1 aromatic rings. The third-order valence-corrected chi connectivity index (χ3v) is 2.76. The number of nitrogens with zero attached hydrogens (tertiary/aromatic N) is 2. The fourth-order valence-corrected chi connectivity index (χ4v) is 1.77. The molecule has 0 aliphatic carbocycles. The second-order valence-electron chi connectivity index (χ2n) is 4.36. The lowest BCUT2D eigenvalue weighted by atomic mass is 10.1.